The molecule has 278 valence electrons. The molecule has 1 unspecified atom stereocenters. The fraction of sp³-hybridized carbons (Fsp3) is 0.694. The Morgan fingerprint density at radius 1 is 0.960 bits per heavy atom. The lowest BCUT2D eigenvalue weighted by Gasteiger charge is -2.48. The lowest BCUT2D eigenvalue weighted by atomic mass is 9.78. The molecular weight excluding hydrogens is 666 g/mol. The third-order valence-electron chi connectivity index (χ3n) is 9.49. The van der Waals surface area contributed by atoms with E-state index in [0.29, 0.717) is 13.0 Å². The molecule has 1 aromatic carbocycles. The predicted molar refractivity (Wildman–Crippen MR) is 188 cm³/mol. The SMILES string of the molecule is CCCCCCCC1=N[C@H]2C(O[C@@H]3CO[C@@H](Cc4ccc(OC)cc4)O[C@H]3[C@@H]2[C@@H](C)C(=O)N[C@@H](C)C(=O)N[C@H](CCC(=O)OC)C(=O)OC)S1. The second kappa shape index (κ2) is 19.4. The van der Waals surface area contributed by atoms with Gasteiger partial charge in [-0.2, -0.15) is 0 Å². The molecule has 0 spiro atoms. The van der Waals surface area contributed by atoms with Crippen LogP contribution in [0.4, 0.5) is 0 Å². The first-order valence-electron chi connectivity index (χ1n) is 17.6. The maximum atomic E-state index is 13.9. The summed E-state index contributed by atoms with van der Waals surface area (Å²) in [6, 6.07) is 5.33. The highest BCUT2D eigenvalue weighted by atomic mass is 32.2. The topological polar surface area (TPSA) is 160 Å². The Hall–Kier alpha value is -3.20. The molecule has 2 saturated heterocycles. The van der Waals surface area contributed by atoms with Gasteiger partial charge in [0.05, 0.1) is 45.1 Å². The van der Waals surface area contributed by atoms with E-state index in [-0.39, 0.29) is 36.1 Å². The van der Waals surface area contributed by atoms with Gasteiger partial charge in [-0.3, -0.25) is 19.4 Å². The minimum absolute atomic E-state index is 0.00984. The van der Waals surface area contributed by atoms with Gasteiger partial charge in [-0.25, -0.2) is 4.79 Å². The molecule has 2 amide bonds. The van der Waals surface area contributed by atoms with Crippen LogP contribution in [0.5, 0.6) is 5.75 Å². The fourth-order valence-corrected chi connectivity index (χ4v) is 7.83. The minimum Gasteiger partial charge on any atom is -0.497 e. The Bertz CT molecular complexity index is 1330. The summed E-state index contributed by atoms with van der Waals surface area (Å²) in [4.78, 5) is 56.2. The number of thioether (sulfide) groups is 1. The van der Waals surface area contributed by atoms with Crippen LogP contribution in [0.3, 0.4) is 0 Å². The number of hydrogen-bond donors (Lipinski definition) is 2. The first-order chi connectivity index (χ1) is 24.1. The number of amides is 2. The zero-order valence-corrected chi connectivity index (χ0v) is 30.8. The van der Waals surface area contributed by atoms with Crippen LogP contribution in [0.2, 0.25) is 0 Å². The van der Waals surface area contributed by atoms with Gasteiger partial charge in [-0.05, 0) is 43.9 Å². The molecule has 14 heteroatoms. The lowest BCUT2D eigenvalue weighted by Crippen LogP contribution is -2.61. The van der Waals surface area contributed by atoms with Crippen molar-refractivity contribution < 1.29 is 47.6 Å². The van der Waals surface area contributed by atoms with Crippen molar-refractivity contribution in [2.75, 3.05) is 27.9 Å². The maximum Gasteiger partial charge on any atom is 0.328 e. The number of aliphatic imine (C=N–C) groups is 1. The molecular formula is C36H53N3O10S. The zero-order valence-electron chi connectivity index (χ0n) is 30.0. The number of carbonyl (C=O) groups is 4. The summed E-state index contributed by atoms with van der Waals surface area (Å²) in [6.45, 7) is 5.88. The van der Waals surface area contributed by atoms with Gasteiger partial charge in [0, 0.05) is 24.7 Å². The molecule has 9 atom stereocenters. The van der Waals surface area contributed by atoms with Crippen LogP contribution in [-0.2, 0) is 49.3 Å². The second-order valence-electron chi connectivity index (χ2n) is 13.0. The fourth-order valence-electron chi connectivity index (χ4n) is 6.54. The number of hydrogen-bond acceptors (Lipinski definition) is 12. The Kier molecular flexibility index (Phi) is 15.4. The highest BCUT2D eigenvalue weighted by molar-refractivity contribution is 8.14. The molecule has 13 nitrogen and oxygen atoms in total. The number of nitrogens with one attached hydrogen (secondary N) is 2. The number of ether oxygens (including phenoxy) is 6. The Morgan fingerprint density at radius 3 is 2.38 bits per heavy atom. The number of esters is 2. The summed E-state index contributed by atoms with van der Waals surface area (Å²) in [7, 11) is 4.06. The maximum absolute atomic E-state index is 13.9. The van der Waals surface area contributed by atoms with Crippen LogP contribution in [-0.4, -0.2) is 98.8 Å². The Balaban J connectivity index is 1.48. The number of fused-ring (bicyclic) bond motifs is 2. The standard InChI is InChI=1S/C36H53N3O10S/c1-7-8-9-10-11-12-27-39-31-30(21(2)33(41)37-22(3)34(42)38-25(35(43)46-6)17-18-28(40)45-5)32-26(48-36(31)50-27)20-47-29(49-32)19-23-13-15-24(44-4)16-14-23/h13-16,21-22,25-26,29-32,36H,7-12,17-20H2,1-6H3,(H,37,41)(H,38,42)/t21-,22+,25-,26-,29-,30-,31-,32-,36?/m1/s1. The minimum atomic E-state index is -1.08. The lowest BCUT2D eigenvalue weighted by molar-refractivity contribution is -0.295. The monoisotopic (exact) mass is 719 g/mol. The van der Waals surface area contributed by atoms with E-state index in [1.165, 1.54) is 33.5 Å². The quantitative estimate of drug-likeness (QED) is 0.167. The van der Waals surface area contributed by atoms with Gasteiger partial charge in [0.1, 0.15) is 29.4 Å². The summed E-state index contributed by atoms with van der Waals surface area (Å²) in [5.74, 6) is -2.38. The van der Waals surface area contributed by atoms with Gasteiger partial charge in [-0.1, -0.05) is 63.4 Å². The van der Waals surface area contributed by atoms with Crippen LogP contribution in [0, 0.1) is 11.8 Å². The summed E-state index contributed by atoms with van der Waals surface area (Å²) >= 11 is 1.62. The average molecular weight is 720 g/mol. The largest absolute Gasteiger partial charge is 0.497 e. The highest BCUT2D eigenvalue weighted by Crippen LogP contribution is 2.46. The van der Waals surface area contributed by atoms with Crippen molar-refractivity contribution in [1.82, 2.24) is 10.6 Å². The van der Waals surface area contributed by atoms with Crippen molar-refractivity contribution in [3.8, 4) is 5.75 Å². The Labute approximate surface area is 299 Å². The van der Waals surface area contributed by atoms with E-state index in [2.05, 4.69) is 22.3 Å². The number of nitrogens with zero attached hydrogens (tertiary/aromatic N) is 1. The first kappa shape index (κ1) is 39.6. The molecule has 0 bridgehead atoms. The molecule has 2 N–H and O–H groups in total. The van der Waals surface area contributed by atoms with Crippen molar-refractivity contribution in [3.05, 3.63) is 29.8 Å². The number of benzene rings is 1. The van der Waals surface area contributed by atoms with E-state index in [1.807, 2.05) is 31.2 Å². The molecule has 0 saturated carbocycles. The molecule has 3 aliphatic heterocycles. The molecule has 4 rings (SSSR count). The number of rotatable bonds is 18. The summed E-state index contributed by atoms with van der Waals surface area (Å²) in [5, 5.41) is 6.45. The number of carbonyl (C=O) groups excluding carboxylic acids is 4. The van der Waals surface area contributed by atoms with E-state index in [0.717, 1.165) is 35.6 Å². The zero-order chi connectivity index (χ0) is 36.2. The molecule has 3 heterocycles. The van der Waals surface area contributed by atoms with Gasteiger partial charge in [-0.15, -0.1) is 0 Å². The second-order valence-corrected chi connectivity index (χ2v) is 14.2. The van der Waals surface area contributed by atoms with Crippen molar-refractivity contribution in [2.45, 2.75) is 121 Å². The van der Waals surface area contributed by atoms with Gasteiger partial charge < -0.3 is 39.1 Å². The van der Waals surface area contributed by atoms with Crippen LogP contribution in [0.15, 0.2) is 29.3 Å². The number of unbranched alkanes of at least 4 members (excludes halogenated alkanes) is 4. The van der Waals surface area contributed by atoms with E-state index < -0.39 is 54.3 Å². The molecule has 50 heavy (non-hydrogen) atoms. The first-order valence-corrected chi connectivity index (χ1v) is 18.5. The third kappa shape index (κ3) is 10.7. The van der Waals surface area contributed by atoms with Crippen LogP contribution < -0.4 is 15.4 Å². The van der Waals surface area contributed by atoms with Crippen LogP contribution in [0.1, 0.15) is 77.7 Å². The van der Waals surface area contributed by atoms with E-state index in [9.17, 15) is 19.2 Å². The van der Waals surface area contributed by atoms with Gasteiger partial charge in [0.25, 0.3) is 0 Å². The molecule has 0 aliphatic carbocycles. The van der Waals surface area contributed by atoms with Crippen molar-refractivity contribution in [2.24, 2.45) is 16.8 Å². The molecule has 1 aromatic rings. The third-order valence-corrected chi connectivity index (χ3v) is 10.7. The normalized spacial score (nSPS) is 25.9. The van der Waals surface area contributed by atoms with Gasteiger partial charge in [0.15, 0.2) is 6.29 Å². The summed E-state index contributed by atoms with van der Waals surface area (Å²) in [5.41, 5.74) is 0.742. The van der Waals surface area contributed by atoms with Crippen LogP contribution in [0.25, 0.3) is 0 Å². The molecule has 0 radical (unpaired) electrons. The van der Waals surface area contributed by atoms with E-state index >= 15 is 0 Å². The van der Waals surface area contributed by atoms with Gasteiger partial charge in [0.2, 0.25) is 11.8 Å². The van der Waals surface area contributed by atoms with Gasteiger partial charge >= 0.3 is 11.9 Å². The Morgan fingerprint density at radius 2 is 1.70 bits per heavy atom. The van der Waals surface area contributed by atoms with Crippen molar-refractivity contribution >= 4 is 40.6 Å². The number of methoxy groups -OCH3 is 3. The van der Waals surface area contributed by atoms with Crippen molar-refractivity contribution in [1.29, 1.82) is 0 Å². The summed E-state index contributed by atoms with van der Waals surface area (Å²) in [6.07, 6.45) is 5.61. The predicted octanol–water partition coefficient (Wildman–Crippen LogP) is 3.95. The molecule has 3 aliphatic rings. The average Bonchev–Trinajstić information content (AvgIpc) is 3.53. The smallest absolute Gasteiger partial charge is 0.328 e. The molecule has 2 fully saturated rings. The highest BCUT2D eigenvalue weighted by Gasteiger charge is 2.55. The van der Waals surface area contributed by atoms with E-state index in [4.69, 9.17) is 28.7 Å². The van der Waals surface area contributed by atoms with E-state index in [1.54, 1.807) is 25.8 Å². The summed E-state index contributed by atoms with van der Waals surface area (Å²) < 4.78 is 34.0. The molecule has 0 aromatic heterocycles. The van der Waals surface area contributed by atoms with Crippen LogP contribution >= 0.6 is 11.8 Å². The van der Waals surface area contributed by atoms with Crippen molar-refractivity contribution in [3.63, 3.8) is 0 Å².